The lowest BCUT2D eigenvalue weighted by Crippen LogP contribution is -2.38. The molecule has 0 bridgehead atoms. The number of carboxylic acid groups (broad SMARTS) is 1. The lowest BCUT2D eigenvalue weighted by Gasteiger charge is -2.16. The molecule has 7 heteroatoms. The summed E-state index contributed by atoms with van der Waals surface area (Å²) < 4.78 is 13.3. The van der Waals surface area contributed by atoms with E-state index in [9.17, 15) is 14.0 Å². The Morgan fingerprint density at radius 1 is 1.50 bits per heavy atom. The Morgan fingerprint density at radius 3 is 2.75 bits per heavy atom. The van der Waals surface area contributed by atoms with E-state index in [1.165, 1.54) is 24.1 Å². The topological polar surface area (TPSA) is 93.4 Å². The maximum Gasteiger partial charge on any atom is 0.317 e. The van der Waals surface area contributed by atoms with Crippen LogP contribution in [-0.2, 0) is 11.3 Å². The highest BCUT2D eigenvalue weighted by Crippen LogP contribution is 2.09. The normalized spacial score (nSPS) is 9.65. The van der Waals surface area contributed by atoms with Crippen LogP contribution >= 0.6 is 0 Å². The fraction of sp³-hybridized carbons (Fsp3) is 0.308. The maximum atomic E-state index is 13.3. The Kier molecular flexibility index (Phi) is 5.47. The predicted molar refractivity (Wildman–Crippen MR) is 68.2 cm³/mol. The third kappa shape index (κ3) is 4.57. The number of halogens is 1. The van der Waals surface area contributed by atoms with E-state index < -0.39 is 17.8 Å². The average Bonchev–Trinajstić information content (AvgIpc) is 2.42. The highest BCUT2D eigenvalue weighted by molar-refractivity contribution is 5.75. The van der Waals surface area contributed by atoms with E-state index >= 15 is 0 Å². The van der Waals surface area contributed by atoms with Crippen molar-refractivity contribution in [3.05, 3.63) is 35.1 Å². The summed E-state index contributed by atoms with van der Waals surface area (Å²) in [5.74, 6) is -1.63. The second kappa shape index (κ2) is 7.09. The van der Waals surface area contributed by atoms with Crippen molar-refractivity contribution in [2.75, 3.05) is 13.6 Å². The molecule has 1 aromatic carbocycles. The van der Waals surface area contributed by atoms with E-state index in [1.54, 1.807) is 12.1 Å². The van der Waals surface area contributed by atoms with E-state index in [4.69, 9.17) is 10.4 Å². The first-order valence-corrected chi connectivity index (χ1v) is 5.83. The molecule has 1 aromatic rings. The summed E-state index contributed by atoms with van der Waals surface area (Å²) in [6.07, 6.45) is -0.143. The number of benzene rings is 1. The van der Waals surface area contributed by atoms with Crippen molar-refractivity contribution in [1.29, 1.82) is 5.26 Å². The van der Waals surface area contributed by atoms with Gasteiger partial charge in [-0.15, -0.1) is 0 Å². The van der Waals surface area contributed by atoms with Crippen molar-refractivity contribution in [1.82, 2.24) is 10.2 Å². The molecule has 106 valence electrons. The summed E-state index contributed by atoms with van der Waals surface area (Å²) in [5.41, 5.74) is 0.458. The highest BCUT2D eigenvalue weighted by Gasteiger charge is 2.10. The second-order valence-electron chi connectivity index (χ2n) is 4.15. The number of nitrogens with zero attached hydrogens (tertiary/aromatic N) is 2. The maximum absolute atomic E-state index is 13.3. The SMILES string of the molecule is CN(CCC(=O)O)C(=O)NCc1ccc(C#N)c(F)c1. The van der Waals surface area contributed by atoms with Crippen molar-refractivity contribution < 1.29 is 19.1 Å². The molecule has 0 aliphatic rings. The highest BCUT2D eigenvalue weighted by atomic mass is 19.1. The van der Waals surface area contributed by atoms with E-state index in [2.05, 4.69) is 5.32 Å². The van der Waals surface area contributed by atoms with Crippen molar-refractivity contribution in [3.8, 4) is 6.07 Å². The number of carbonyl (C=O) groups is 2. The van der Waals surface area contributed by atoms with Crippen molar-refractivity contribution >= 4 is 12.0 Å². The van der Waals surface area contributed by atoms with Gasteiger partial charge in [0.15, 0.2) is 0 Å². The number of nitriles is 1. The zero-order chi connectivity index (χ0) is 15.1. The van der Waals surface area contributed by atoms with Gasteiger partial charge in [-0.3, -0.25) is 4.79 Å². The van der Waals surface area contributed by atoms with Gasteiger partial charge in [0.2, 0.25) is 0 Å². The van der Waals surface area contributed by atoms with Crippen LogP contribution in [0.2, 0.25) is 0 Å². The molecule has 0 heterocycles. The van der Waals surface area contributed by atoms with Crippen LogP contribution in [0.25, 0.3) is 0 Å². The van der Waals surface area contributed by atoms with Gasteiger partial charge in [0, 0.05) is 20.1 Å². The molecule has 2 amide bonds. The zero-order valence-electron chi connectivity index (χ0n) is 10.9. The van der Waals surface area contributed by atoms with Gasteiger partial charge in [0.05, 0.1) is 12.0 Å². The number of carboxylic acids is 1. The van der Waals surface area contributed by atoms with Gasteiger partial charge in [-0.05, 0) is 17.7 Å². The van der Waals surface area contributed by atoms with Crippen LogP contribution in [0.3, 0.4) is 0 Å². The van der Waals surface area contributed by atoms with Crippen molar-refractivity contribution in [2.24, 2.45) is 0 Å². The largest absolute Gasteiger partial charge is 0.481 e. The van der Waals surface area contributed by atoms with Crippen LogP contribution in [0.15, 0.2) is 18.2 Å². The number of hydrogen-bond acceptors (Lipinski definition) is 3. The Bertz CT molecular complexity index is 554. The van der Waals surface area contributed by atoms with Gasteiger partial charge >= 0.3 is 12.0 Å². The summed E-state index contributed by atoms with van der Waals surface area (Å²) in [5, 5.41) is 19.6. The average molecular weight is 279 g/mol. The van der Waals surface area contributed by atoms with E-state index in [0.29, 0.717) is 5.56 Å². The van der Waals surface area contributed by atoms with Gasteiger partial charge in [-0.2, -0.15) is 5.26 Å². The summed E-state index contributed by atoms with van der Waals surface area (Å²) in [6, 6.07) is 5.31. The summed E-state index contributed by atoms with van der Waals surface area (Å²) in [7, 11) is 1.47. The van der Waals surface area contributed by atoms with Gasteiger partial charge < -0.3 is 15.3 Å². The standard InChI is InChI=1S/C13H14FN3O3/c1-17(5-4-12(18)19)13(20)16-8-9-2-3-10(7-15)11(14)6-9/h2-3,6H,4-5,8H2,1H3,(H,16,20)(H,18,19). The minimum atomic E-state index is -0.987. The Labute approximate surface area is 115 Å². The minimum absolute atomic E-state index is 0.0568. The first kappa shape index (κ1) is 15.4. The molecular formula is C13H14FN3O3. The first-order valence-electron chi connectivity index (χ1n) is 5.83. The Hall–Kier alpha value is -2.62. The molecule has 0 aliphatic carbocycles. The molecule has 0 aliphatic heterocycles. The summed E-state index contributed by atoms with van der Waals surface area (Å²) in [6.45, 7) is 0.182. The lowest BCUT2D eigenvalue weighted by atomic mass is 10.1. The predicted octanol–water partition coefficient (Wildman–Crippen LogP) is 1.31. The van der Waals surface area contributed by atoms with Crippen LogP contribution in [0, 0.1) is 17.1 Å². The molecular weight excluding hydrogens is 265 g/mol. The molecule has 0 saturated heterocycles. The summed E-state index contributed by atoms with van der Waals surface area (Å²) in [4.78, 5) is 23.2. The van der Waals surface area contributed by atoms with Crippen LogP contribution in [0.1, 0.15) is 17.5 Å². The number of rotatable bonds is 5. The molecule has 1 rings (SSSR count). The number of urea groups is 1. The number of hydrogen-bond donors (Lipinski definition) is 2. The number of aliphatic carboxylic acids is 1. The van der Waals surface area contributed by atoms with Crippen LogP contribution in [-0.4, -0.2) is 35.6 Å². The molecule has 2 N–H and O–H groups in total. The molecule has 0 aromatic heterocycles. The monoisotopic (exact) mass is 279 g/mol. The van der Waals surface area contributed by atoms with Crippen molar-refractivity contribution in [3.63, 3.8) is 0 Å². The third-order valence-corrected chi connectivity index (χ3v) is 2.61. The lowest BCUT2D eigenvalue weighted by molar-refractivity contribution is -0.137. The van der Waals surface area contributed by atoms with E-state index in [0.717, 1.165) is 0 Å². The second-order valence-corrected chi connectivity index (χ2v) is 4.15. The molecule has 0 unspecified atom stereocenters. The first-order chi connectivity index (χ1) is 9.43. The quantitative estimate of drug-likeness (QED) is 0.849. The molecule has 20 heavy (non-hydrogen) atoms. The Balaban J connectivity index is 2.50. The van der Waals surface area contributed by atoms with Gasteiger partial charge in [0.1, 0.15) is 11.9 Å². The fourth-order valence-corrected chi connectivity index (χ4v) is 1.44. The van der Waals surface area contributed by atoms with E-state index in [-0.39, 0.29) is 25.1 Å². The fourth-order valence-electron chi connectivity index (χ4n) is 1.44. The van der Waals surface area contributed by atoms with E-state index in [1.807, 2.05) is 0 Å². The molecule has 0 spiro atoms. The number of amides is 2. The third-order valence-electron chi connectivity index (χ3n) is 2.61. The van der Waals surface area contributed by atoms with Gasteiger partial charge in [-0.25, -0.2) is 9.18 Å². The van der Waals surface area contributed by atoms with Gasteiger partial charge in [0.25, 0.3) is 0 Å². The molecule has 6 nitrogen and oxygen atoms in total. The zero-order valence-corrected chi connectivity index (χ0v) is 10.9. The smallest absolute Gasteiger partial charge is 0.317 e. The number of nitrogens with one attached hydrogen (secondary N) is 1. The molecule has 0 atom stereocenters. The number of carbonyl (C=O) groups excluding carboxylic acids is 1. The minimum Gasteiger partial charge on any atom is -0.481 e. The summed E-state index contributed by atoms with van der Waals surface area (Å²) >= 11 is 0. The van der Waals surface area contributed by atoms with Gasteiger partial charge in [-0.1, -0.05) is 6.07 Å². The molecule has 0 radical (unpaired) electrons. The molecule has 0 fully saturated rings. The van der Waals surface area contributed by atoms with Crippen molar-refractivity contribution in [2.45, 2.75) is 13.0 Å². The molecule has 0 saturated carbocycles. The van der Waals surface area contributed by atoms with Crippen LogP contribution < -0.4 is 5.32 Å². The Morgan fingerprint density at radius 2 is 2.20 bits per heavy atom. The van der Waals surface area contributed by atoms with Crippen LogP contribution in [0.4, 0.5) is 9.18 Å². The van der Waals surface area contributed by atoms with Crippen LogP contribution in [0.5, 0.6) is 0 Å².